The Balaban J connectivity index is 2.66. The van der Waals surface area contributed by atoms with Gasteiger partial charge in [-0.3, -0.25) is 0 Å². The third-order valence-electron chi connectivity index (χ3n) is 3.64. The Morgan fingerprint density at radius 3 is 2.56 bits per heavy atom. The van der Waals surface area contributed by atoms with E-state index in [1.807, 2.05) is 14.0 Å². The zero-order chi connectivity index (χ0) is 13.8. The van der Waals surface area contributed by atoms with Gasteiger partial charge in [-0.1, -0.05) is 20.8 Å². The number of amides is 1. The van der Waals surface area contributed by atoms with Gasteiger partial charge in [0.1, 0.15) is 0 Å². The van der Waals surface area contributed by atoms with Crippen LogP contribution < -0.4 is 10.6 Å². The highest BCUT2D eigenvalue weighted by Gasteiger charge is 2.41. The standard InChI is InChI=1S/C14H28N2O2/c1-6-18-12(17)16-11-7-13(2,3)9-14(4,8-11)10-15-5/h11,15H,6-10H2,1-5H3,(H,16,17). The minimum atomic E-state index is -0.285. The summed E-state index contributed by atoms with van der Waals surface area (Å²) in [7, 11) is 1.99. The molecule has 0 heterocycles. The van der Waals surface area contributed by atoms with Crippen molar-refractivity contribution in [3.63, 3.8) is 0 Å². The fraction of sp³-hybridized carbons (Fsp3) is 0.929. The predicted octanol–water partition coefficient (Wildman–Crippen LogP) is 2.54. The van der Waals surface area contributed by atoms with Gasteiger partial charge in [0.2, 0.25) is 0 Å². The summed E-state index contributed by atoms with van der Waals surface area (Å²) in [6, 6.07) is 0.214. The molecule has 2 N–H and O–H groups in total. The summed E-state index contributed by atoms with van der Waals surface area (Å²) in [4.78, 5) is 11.5. The number of rotatable bonds is 4. The predicted molar refractivity (Wildman–Crippen MR) is 73.6 cm³/mol. The summed E-state index contributed by atoms with van der Waals surface area (Å²) in [5.41, 5.74) is 0.495. The van der Waals surface area contributed by atoms with Crippen LogP contribution in [0.2, 0.25) is 0 Å². The number of carbonyl (C=O) groups is 1. The first kappa shape index (κ1) is 15.3. The van der Waals surface area contributed by atoms with Crippen LogP contribution in [0.3, 0.4) is 0 Å². The van der Waals surface area contributed by atoms with Gasteiger partial charge >= 0.3 is 6.09 Å². The molecule has 0 aromatic carbocycles. The monoisotopic (exact) mass is 256 g/mol. The first-order valence-corrected chi connectivity index (χ1v) is 6.88. The lowest BCUT2D eigenvalue weighted by molar-refractivity contribution is 0.0672. The summed E-state index contributed by atoms with van der Waals surface area (Å²) in [6.07, 6.45) is 2.93. The summed E-state index contributed by atoms with van der Waals surface area (Å²) in [6.45, 7) is 10.1. The van der Waals surface area contributed by atoms with E-state index >= 15 is 0 Å². The SMILES string of the molecule is CCOC(=O)NC1CC(C)(C)CC(C)(CNC)C1. The fourth-order valence-electron chi connectivity index (χ4n) is 3.64. The first-order chi connectivity index (χ1) is 8.30. The molecule has 0 aromatic rings. The number of ether oxygens (including phenoxy) is 1. The number of hydrogen-bond acceptors (Lipinski definition) is 3. The highest BCUT2D eigenvalue weighted by molar-refractivity contribution is 5.67. The van der Waals surface area contributed by atoms with E-state index in [0.29, 0.717) is 6.61 Å². The zero-order valence-corrected chi connectivity index (χ0v) is 12.4. The van der Waals surface area contributed by atoms with Crippen LogP contribution in [0.4, 0.5) is 4.79 Å². The van der Waals surface area contributed by atoms with Crippen molar-refractivity contribution in [1.29, 1.82) is 0 Å². The topological polar surface area (TPSA) is 50.4 Å². The third-order valence-corrected chi connectivity index (χ3v) is 3.64. The van der Waals surface area contributed by atoms with Gasteiger partial charge in [-0.05, 0) is 44.1 Å². The molecule has 18 heavy (non-hydrogen) atoms. The van der Waals surface area contributed by atoms with Gasteiger partial charge in [0.05, 0.1) is 6.61 Å². The van der Waals surface area contributed by atoms with E-state index in [-0.39, 0.29) is 23.0 Å². The van der Waals surface area contributed by atoms with Crippen molar-refractivity contribution in [3.8, 4) is 0 Å². The molecule has 4 nitrogen and oxygen atoms in total. The van der Waals surface area contributed by atoms with E-state index in [4.69, 9.17) is 4.74 Å². The molecule has 0 aliphatic heterocycles. The van der Waals surface area contributed by atoms with Gasteiger partial charge in [-0.2, -0.15) is 0 Å². The molecule has 2 atom stereocenters. The maximum absolute atomic E-state index is 11.5. The number of hydrogen-bond donors (Lipinski definition) is 2. The maximum atomic E-state index is 11.5. The molecule has 1 rings (SSSR count). The van der Waals surface area contributed by atoms with Crippen molar-refractivity contribution in [2.24, 2.45) is 10.8 Å². The van der Waals surface area contributed by atoms with Crippen molar-refractivity contribution in [1.82, 2.24) is 10.6 Å². The molecule has 4 heteroatoms. The van der Waals surface area contributed by atoms with Crippen LogP contribution in [0.1, 0.15) is 47.0 Å². The molecule has 1 saturated carbocycles. The smallest absolute Gasteiger partial charge is 0.407 e. The van der Waals surface area contributed by atoms with Crippen LogP contribution in [0.25, 0.3) is 0 Å². The minimum absolute atomic E-state index is 0.214. The molecule has 0 radical (unpaired) electrons. The molecule has 0 spiro atoms. The maximum Gasteiger partial charge on any atom is 0.407 e. The molecule has 0 bridgehead atoms. The lowest BCUT2D eigenvalue weighted by Gasteiger charge is -2.46. The van der Waals surface area contributed by atoms with Crippen LogP contribution in [0.5, 0.6) is 0 Å². The lowest BCUT2D eigenvalue weighted by Crippen LogP contribution is -2.49. The summed E-state index contributed by atoms with van der Waals surface area (Å²) < 4.78 is 4.98. The van der Waals surface area contributed by atoms with E-state index in [2.05, 4.69) is 31.4 Å². The Morgan fingerprint density at radius 1 is 1.33 bits per heavy atom. The molecule has 0 aromatic heterocycles. The van der Waals surface area contributed by atoms with Crippen LogP contribution in [-0.4, -0.2) is 32.3 Å². The van der Waals surface area contributed by atoms with Gasteiger partial charge < -0.3 is 15.4 Å². The van der Waals surface area contributed by atoms with E-state index in [0.717, 1.165) is 19.4 Å². The largest absolute Gasteiger partial charge is 0.450 e. The normalized spacial score (nSPS) is 30.8. The number of alkyl carbamates (subject to hydrolysis) is 1. The Morgan fingerprint density at radius 2 is 2.00 bits per heavy atom. The second kappa shape index (κ2) is 5.91. The van der Waals surface area contributed by atoms with Crippen molar-refractivity contribution in [2.45, 2.75) is 53.0 Å². The second-order valence-corrected chi connectivity index (χ2v) is 6.65. The van der Waals surface area contributed by atoms with Gasteiger partial charge in [0, 0.05) is 12.6 Å². The molecule has 0 saturated heterocycles. The van der Waals surface area contributed by atoms with E-state index in [1.165, 1.54) is 6.42 Å². The molecule has 1 fully saturated rings. The van der Waals surface area contributed by atoms with Crippen molar-refractivity contribution in [3.05, 3.63) is 0 Å². The molecule has 1 aliphatic rings. The fourth-order valence-corrected chi connectivity index (χ4v) is 3.64. The van der Waals surface area contributed by atoms with Gasteiger partial charge in [-0.15, -0.1) is 0 Å². The number of nitrogens with one attached hydrogen (secondary N) is 2. The van der Waals surface area contributed by atoms with Gasteiger partial charge in [0.25, 0.3) is 0 Å². The molecule has 1 aliphatic carbocycles. The van der Waals surface area contributed by atoms with Gasteiger partial charge in [0.15, 0.2) is 0 Å². The Labute approximate surface area is 111 Å². The van der Waals surface area contributed by atoms with Crippen molar-refractivity contribution < 1.29 is 9.53 Å². The van der Waals surface area contributed by atoms with Crippen LogP contribution in [-0.2, 0) is 4.74 Å². The molecule has 1 amide bonds. The third kappa shape index (κ3) is 4.48. The van der Waals surface area contributed by atoms with E-state index < -0.39 is 0 Å². The molecular formula is C14H28N2O2. The lowest BCUT2D eigenvalue weighted by atomic mass is 9.62. The Hall–Kier alpha value is -0.770. The average Bonchev–Trinajstić information content (AvgIpc) is 2.13. The minimum Gasteiger partial charge on any atom is -0.450 e. The Bertz CT molecular complexity index is 292. The summed E-state index contributed by atoms with van der Waals surface area (Å²) in [5, 5.41) is 6.27. The molecule has 2 unspecified atom stereocenters. The number of carbonyl (C=O) groups excluding carboxylic acids is 1. The molecular weight excluding hydrogens is 228 g/mol. The quantitative estimate of drug-likeness (QED) is 0.812. The van der Waals surface area contributed by atoms with E-state index in [9.17, 15) is 4.79 Å². The first-order valence-electron chi connectivity index (χ1n) is 6.88. The van der Waals surface area contributed by atoms with Crippen molar-refractivity contribution >= 4 is 6.09 Å². The highest BCUT2D eigenvalue weighted by atomic mass is 16.5. The van der Waals surface area contributed by atoms with E-state index in [1.54, 1.807) is 0 Å². The van der Waals surface area contributed by atoms with Crippen LogP contribution in [0, 0.1) is 10.8 Å². The summed E-state index contributed by atoms with van der Waals surface area (Å²) >= 11 is 0. The molecule has 106 valence electrons. The average molecular weight is 256 g/mol. The Kier molecular flexibility index (Phi) is 5.02. The second-order valence-electron chi connectivity index (χ2n) is 6.65. The van der Waals surface area contributed by atoms with Gasteiger partial charge in [-0.25, -0.2) is 4.79 Å². The summed E-state index contributed by atoms with van der Waals surface area (Å²) in [5.74, 6) is 0. The van der Waals surface area contributed by atoms with Crippen LogP contribution >= 0.6 is 0 Å². The highest BCUT2D eigenvalue weighted by Crippen LogP contribution is 2.45. The van der Waals surface area contributed by atoms with Crippen LogP contribution in [0.15, 0.2) is 0 Å². The van der Waals surface area contributed by atoms with Crippen molar-refractivity contribution in [2.75, 3.05) is 20.2 Å². The zero-order valence-electron chi connectivity index (χ0n) is 12.4.